The van der Waals surface area contributed by atoms with Crippen LogP contribution in [0.1, 0.15) is 29.7 Å². The molecule has 134 valence electrons. The molecule has 0 saturated heterocycles. The molecule has 0 spiro atoms. The predicted octanol–water partition coefficient (Wildman–Crippen LogP) is 5.32. The molecular weight excluding hydrogens is 358 g/mol. The summed E-state index contributed by atoms with van der Waals surface area (Å²) in [6, 6.07) is 17.7. The van der Waals surface area contributed by atoms with Gasteiger partial charge in [0.25, 0.3) is 5.89 Å². The van der Waals surface area contributed by atoms with Gasteiger partial charge in [0.15, 0.2) is 6.61 Å². The van der Waals surface area contributed by atoms with Crippen molar-refractivity contribution in [2.24, 2.45) is 0 Å². The summed E-state index contributed by atoms with van der Waals surface area (Å²) in [6.07, 6.45) is 2.56. The number of ether oxygens (including phenoxy) is 1. The molecule has 2 aromatic carbocycles. The van der Waals surface area contributed by atoms with Crippen LogP contribution in [0.4, 0.5) is 0 Å². The van der Waals surface area contributed by atoms with Gasteiger partial charge in [-0.15, -0.1) is 11.3 Å². The third-order valence-electron chi connectivity index (χ3n) is 4.46. The van der Waals surface area contributed by atoms with E-state index in [1.54, 1.807) is 11.3 Å². The number of para-hydroxylation sites is 1. The number of nitrogens with zero attached hydrogens (tertiary/aromatic N) is 3. The van der Waals surface area contributed by atoms with Gasteiger partial charge in [0, 0.05) is 22.4 Å². The molecule has 0 radical (unpaired) electrons. The molecule has 0 aliphatic heterocycles. The molecule has 0 amide bonds. The first kappa shape index (κ1) is 16.2. The lowest BCUT2D eigenvalue weighted by molar-refractivity contribution is 0.243. The van der Waals surface area contributed by atoms with Gasteiger partial charge in [-0.3, -0.25) is 0 Å². The highest BCUT2D eigenvalue weighted by atomic mass is 32.1. The van der Waals surface area contributed by atoms with Crippen molar-refractivity contribution in [2.75, 3.05) is 0 Å². The fourth-order valence-electron chi connectivity index (χ4n) is 2.82. The largest absolute Gasteiger partial charge is 0.484 e. The van der Waals surface area contributed by atoms with Crippen LogP contribution in [0.3, 0.4) is 0 Å². The van der Waals surface area contributed by atoms with Crippen LogP contribution in [0.15, 0.2) is 64.5 Å². The van der Waals surface area contributed by atoms with Crippen LogP contribution < -0.4 is 4.74 Å². The SMILES string of the molecule is c1ccc(OCc2nc(-c3ccc(-c4csc(C5CC5)n4)cc3)no2)cc1. The maximum absolute atomic E-state index is 5.64. The predicted molar refractivity (Wildman–Crippen MR) is 104 cm³/mol. The summed E-state index contributed by atoms with van der Waals surface area (Å²) in [5.74, 6) is 2.48. The lowest BCUT2D eigenvalue weighted by Crippen LogP contribution is -1.95. The lowest BCUT2D eigenvalue weighted by Gasteiger charge is -2.01. The molecule has 0 N–H and O–H groups in total. The Bertz CT molecular complexity index is 1040. The zero-order chi connectivity index (χ0) is 18.1. The van der Waals surface area contributed by atoms with E-state index in [2.05, 4.69) is 27.7 Å². The zero-order valence-corrected chi connectivity index (χ0v) is 15.4. The highest BCUT2D eigenvalue weighted by Gasteiger charge is 2.26. The summed E-state index contributed by atoms with van der Waals surface area (Å²) in [7, 11) is 0. The highest BCUT2D eigenvalue weighted by Crippen LogP contribution is 2.42. The van der Waals surface area contributed by atoms with Crippen LogP contribution in [0.5, 0.6) is 5.75 Å². The van der Waals surface area contributed by atoms with E-state index < -0.39 is 0 Å². The van der Waals surface area contributed by atoms with E-state index in [1.165, 1.54) is 17.8 Å². The smallest absolute Gasteiger partial charge is 0.264 e. The summed E-state index contributed by atoms with van der Waals surface area (Å²) >= 11 is 1.76. The van der Waals surface area contributed by atoms with E-state index in [4.69, 9.17) is 14.2 Å². The minimum Gasteiger partial charge on any atom is -0.484 e. The molecule has 4 aromatic rings. The maximum atomic E-state index is 5.64. The van der Waals surface area contributed by atoms with E-state index in [9.17, 15) is 0 Å². The Labute approximate surface area is 160 Å². The second kappa shape index (κ2) is 6.96. The number of aromatic nitrogens is 3. The molecule has 6 heteroatoms. The van der Waals surface area contributed by atoms with Crippen LogP contribution in [-0.2, 0) is 6.61 Å². The molecular formula is C21H17N3O2S. The summed E-state index contributed by atoms with van der Waals surface area (Å²) < 4.78 is 10.9. The van der Waals surface area contributed by atoms with Crippen molar-refractivity contribution in [2.45, 2.75) is 25.4 Å². The number of thiazole rings is 1. The number of benzene rings is 2. The van der Waals surface area contributed by atoms with Crippen molar-refractivity contribution in [3.63, 3.8) is 0 Å². The average molecular weight is 375 g/mol. The van der Waals surface area contributed by atoms with Crippen molar-refractivity contribution in [1.29, 1.82) is 0 Å². The van der Waals surface area contributed by atoms with Gasteiger partial charge in [-0.05, 0) is 25.0 Å². The van der Waals surface area contributed by atoms with Crippen LogP contribution in [0, 0.1) is 0 Å². The van der Waals surface area contributed by atoms with E-state index >= 15 is 0 Å². The Kier molecular flexibility index (Phi) is 4.18. The molecule has 2 aromatic heterocycles. The molecule has 0 atom stereocenters. The Morgan fingerprint density at radius 1 is 0.963 bits per heavy atom. The van der Waals surface area contributed by atoms with Crippen LogP contribution in [0.2, 0.25) is 0 Å². The number of rotatable bonds is 6. The van der Waals surface area contributed by atoms with Gasteiger partial charge < -0.3 is 9.26 Å². The zero-order valence-electron chi connectivity index (χ0n) is 14.5. The minimum absolute atomic E-state index is 0.248. The van der Waals surface area contributed by atoms with Crippen LogP contribution in [0.25, 0.3) is 22.6 Å². The fraction of sp³-hybridized carbons (Fsp3) is 0.190. The molecule has 2 heterocycles. The van der Waals surface area contributed by atoms with Gasteiger partial charge in [0.2, 0.25) is 5.82 Å². The van der Waals surface area contributed by atoms with Gasteiger partial charge >= 0.3 is 0 Å². The molecule has 0 unspecified atom stereocenters. The van der Waals surface area contributed by atoms with Gasteiger partial charge in [0.05, 0.1) is 10.7 Å². The molecule has 5 nitrogen and oxygen atoms in total. The maximum Gasteiger partial charge on any atom is 0.264 e. The summed E-state index contributed by atoms with van der Waals surface area (Å²) in [6.45, 7) is 0.248. The van der Waals surface area contributed by atoms with Crippen molar-refractivity contribution < 1.29 is 9.26 Å². The summed E-state index contributed by atoms with van der Waals surface area (Å²) in [5, 5.41) is 7.45. The van der Waals surface area contributed by atoms with Crippen molar-refractivity contribution in [3.05, 3.63) is 70.9 Å². The number of hydrogen-bond donors (Lipinski definition) is 0. The lowest BCUT2D eigenvalue weighted by atomic mass is 10.1. The Morgan fingerprint density at radius 3 is 2.52 bits per heavy atom. The fourth-order valence-corrected chi connectivity index (χ4v) is 3.82. The topological polar surface area (TPSA) is 61.0 Å². The van der Waals surface area contributed by atoms with E-state index in [-0.39, 0.29) is 6.61 Å². The normalized spacial score (nSPS) is 13.6. The van der Waals surface area contributed by atoms with E-state index in [1.807, 2.05) is 42.5 Å². The van der Waals surface area contributed by atoms with Gasteiger partial charge in [0.1, 0.15) is 5.75 Å². The molecule has 1 aliphatic carbocycles. The highest BCUT2D eigenvalue weighted by molar-refractivity contribution is 7.10. The quantitative estimate of drug-likeness (QED) is 0.457. The third-order valence-corrected chi connectivity index (χ3v) is 5.47. The summed E-state index contributed by atoms with van der Waals surface area (Å²) in [4.78, 5) is 9.17. The van der Waals surface area contributed by atoms with Crippen molar-refractivity contribution >= 4 is 11.3 Å². The first-order valence-corrected chi connectivity index (χ1v) is 9.80. The van der Waals surface area contributed by atoms with Crippen LogP contribution in [-0.4, -0.2) is 15.1 Å². The van der Waals surface area contributed by atoms with Crippen molar-refractivity contribution in [3.8, 4) is 28.4 Å². The molecule has 5 rings (SSSR count). The average Bonchev–Trinajstić information content (AvgIpc) is 3.27. The minimum atomic E-state index is 0.248. The first-order chi connectivity index (χ1) is 13.3. The van der Waals surface area contributed by atoms with Gasteiger partial charge in [-0.25, -0.2) is 4.98 Å². The molecule has 0 bridgehead atoms. The van der Waals surface area contributed by atoms with E-state index in [0.29, 0.717) is 17.6 Å². The first-order valence-electron chi connectivity index (χ1n) is 8.92. The number of hydrogen-bond acceptors (Lipinski definition) is 6. The van der Waals surface area contributed by atoms with Crippen molar-refractivity contribution in [1.82, 2.24) is 15.1 Å². The second-order valence-electron chi connectivity index (χ2n) is 6.54. The molecule has 1 fully saturated rings. The van der Waals surface area contributed by atoms with Crippen LogP contribution >= 0.6 is 11.3 Å². The second-order valence-corrected chi connectivity index (χ2v) is 7.43. The molecule has 27 heavy (non-hydrogen) atoms. The standard InChI is InChI=1S/C21H17N3O2S/c1-2-4-17(5-3-1)25-12-19-23-20(24-26-19)15-8-6-14(7-9-15)18-13-27-21(22-18)16-10-11-16/h1-9,13,16H,10-12H2. The Balaban J connectivity index is 1.28. The van der Waals surface area contributed by atoms with Gasteiger partial charge in [-0.1, -0.05) is 47.6 Å². The Morgan fingerprint density at radius 2 is 1.74 bits per heavy atom. The monoisotopic (exact) mass is 375 g/mol. The third kappa shape index (κ3) is 3.61. The van der Waals surface area contributed by atoms with E-state index in [0.717, 1.165) is 22.6 Å². The summed E-state index contributed by atoms with van der Waals surface area (Å²) in [5.41, 5.74) is 3.06. The Hall–Kier alpha value is -2.99. The van der Waals surface area contributed by atoms with Gasteiger partial charge in [-0.2, -0.15) is 4.98 Å². The molecule has 1 aliphatic rings. The molecule has 1 saturated carbocycles.